The third kappa shape index (κ3) is 6.41. The van der Waals surface area contributed by atoms with E-state index in [-0.39, 0.29) is 0 Å². The Morgan fingerprint density at radius 1 is 0.141 bits per heavy atom. The van der Waals surface area contributed by atoms with Crippen molar-refractivity contribution in [1.29, 1.82) is 0 Å². The molecule has 0 amide bonds. The first-order chi connectivity index (χ1) is 38.7. The van der Waals surface area contributed by atoms with Crippen molar-refractivity contribution >= 4 is 129 Å². The van der Waals surface area contributed by atoms with E-state index in [9.17, 15) is 0 Å². The van der Waals surface area contributed by atoms with E-state index in [1.165, 1.54) is 174 Å². The van der Waals surface area contributed by atoms with Crippen LogP contribution in [-0.2, 0) is 0 Å². The predicted octanol–water partition coefficient (Wildman–Crippen LogP) is 22.2. The predicted molar refractivity (Wildman–Crippen MR) is 338 cm³/mol. The minimum absolute atomic E-state index is 1.25. The fraction of sp³-hybridized carbons (Fsp3) is 0. The SMILES string of the molecule is c1cc(-c2ccc3ccc4cccc5ccc2c3c45)cc(-c2ccc3ccc4cccc5ccc2c3c45)c1.c1ccc2cc(-c3cc4cccc5c6cccc7cccc(c(c3-c3ccc8ccccc8c3)c45)c76)ccc2c1. The topological polar surface area (TPSA) is 0 Å². The Morgan fingerprint density at radius 2 is 0.500 bits per heavy atom. The summed E-state index contributed by atoms with van der Waals surface area (Å²) < 4.78 is 0. The maximum atomic E-state index is 2.42. The number of hydrogen-bond acceptors (Lipinski definition) is 0. The summed E-state index contributed by atoms with van der Waals surface area (Å²) in [6.07, 6.45) is 0. The van der Waals surface area contributed by atoms with Gasteiger partial charge in [-0.1, -0.05) is 255 Å². The molecule has 0 bridgehead atoms. The first-order valence-electron chi connectivity index (χ1n) is 27.2. The lowest BCUT2D eigenvalue weighted by Gasteiger charge is -2.21. The van der Waals surface area contributed by atoms with Crippen molar-refractivity contribution in [3.8, 4) is 44.5 Å². The van der Waals surface area contributed by atoms with Crippen LogP contribution in [0.3, 0.4) is 0 Å². The molecule has 0 saturated heterocycles. The molecule has 0 aliphatic heterocycles. The molecule has 78 heavy (non-hydrogen) atoms. The molecule has 0 unspecified atom stereocenters. The molecule has 18 rings (SSSR count). The van der Waals surface area contributed by atoms with Crippen molar-refractivity contribution < 1.29 is 0 Å². The van der Waals surface area contributed by atoms with E-state index in [2.05, 4.69) is 279 Å². The lowest BCUT2D eigenvalue weighted by molar-refractivity contribution is 1.64. The van der Waals surface area contributed by atoms with Crippen molar-refractivity contribution in [3.05, 3.63) is 279 Å². The van der Waals surface area contributed by atoms with Gasteiger partial charge in [-0.05, 0) is 198 Å². The Bertz CT molecular complexity index is 5240. The highest BCUT2D eigenvalue weighted by Crippen LogP contribution is 2.49. The fourth-order valence-electron chi connectivity index (χ4n) is 13.8. The van der Waals surface area contributed by atoms with E-state index in [4.69, 9.17) is 0 Å². The average molecular weight is 983 g/mol. The molecule has 0 aliphatic rings. The molecule has 0 atom stereocenters. The van der Waals surface area contributed by atoms with Crippen molar-refractivity contribution in [1.82, 2.24) is 0 Å². The molecule has 0 nitrogen and oxygen atoms in total. The van der Waals surface area contributed by atoms with E-state index in [1.54, 1.807) is 0 Å². The summed E-state index contributed by atoms with van der Waals surface area (Å²) in [4.78, 5) is 0. The van der Waals surface area contributed by atoms with E-state index >= 15 is 0 Å². The molecule has 0 N–H and O–H groups in total. The first kappa shape index (κ1) is 43.1. The zero-order valence-electron chi connectivity index (χ0n) is 42.6. The second-order valence-corrected chi connectivity index (χ2v) is 21.4. The highest BCUT2D eigenvalue weighted by molar-refractivity contribution is 6.37. The smallest absolute Gasteiger partial charge is 0.000785 e. The average Bonchev–Trinajstić information content (AvgIpc) is 3.69. The molecular formula is C78H46. The van der Waals surface area contributed by atoms with Crippen LogP contribution in [0.25, 0.3) is 174 Å². The van der Waals surface area contributed by atoms with Gasteiger partial charge >= 0.3 is 0 Å². The molecular weight excluding hydrogens is 937 g/mol. The lowest BCUT2D eigenvalue weighted by atomic mass is 9.82. The maximum absolute atomic E-state index is 2.42. The Labute approximate surface area is 450 Å². The van der Waals surface area contributed by atoms with Crippen molar-refractivity contribution in [2.45, 2.75) is 0 Å². The number of fused-ring (bicyclic) bond motifs is 4. The second kappa shape index (κ2) is 16.7. The van der Waals surface area contributed by atoms with Gasteiger partial charge in [-0.3, -0.25) is 0 Å². The summed E-state index contributed by atoms with van der Waals surface area (Å²) in [6, 6.07) is 104. The summed E-state index contributed by atoms with van der Waals surface area (Å²) in [5.74, 6) is 0. The Kier molecular flexibility index (Phi) is 9.22. The van der Waals surface area contributed by atoms with E-state index < -0.39 is 0 Å². The van der Waals surface area contributed by atoms with Gasteiger partial charge in [0.2, 0.25) is 0 Å². The van der Waals surface area contributed by atoms with Crippen LogP contribution in [0.5, 0.6) is 0 Å². The number of hydrogen-bond donors (Lipinski definition) is 0. The van der Waals surface area contributed by atoms with Crippen LogP contribution in [0.4, 0.5) is 0 Å². The normalized spacial score (nSPS) is 12.1. The molecule has 0 spiro atoms. The van der Waals surface area contributed by atoms with E-state index in [0.717, 1.165) is 0 Å². The van der Waals surface area contributed by atoms with Gasteiger partial charge in [0, 0.05) is 0 Å². The lowest BCUT2D eigenvalue weighted by Crippen LogP contribution is -1.93. The zero-order valence-corrected chi connectivity index (χ0v) is 42.6. The van der Waals surface area contributed by atoms with Crippen molar-refractivity contribution in [3.63, 3.8) is 0 Å². The molecule has 0 fully saturated rings. The van der Waals surface area contributed by atoms with Crippen LogP contribution in [0.15, 0.2) is 279 Å². The van der Waals surface area contributed by atoms with Gasteiger partial charge in [-0.2, -0.15) is 0 Å². The Morgan fingerprint density at radius 3 is 1.06 bits per heavy atom. The fourth-order valence-corrected chi connectivity index (χ4v) is 13.8. The minimum Gasteiger partial charge on any atom is -0.0616 e. The summed E-state index contributed by atoms with van der Waals surface area (Å²) in [5, 5.41) is 31.6. The van der Waals surface area contributed by atoms with Crippen LogP contribution < -0.4 is 0 Å². The zero-order chi connectivity index (χ0) is 51.0. The summed E-state index contributed by atoms with van der Waals surface area (Å²) in [5.41, 5.74) is 10.2. The van der Waals surface area contributed by atoms with Gasteiger partial charge in [0.05, 0.1) is 0 Å². The van der Waals surface area contributed by atoms with Crippen molar-refractivity contribution in [2.24, 2.45) is 0 Å². The largest absolute Gasteiger partial charge is 0.0616 e. The van der Waals surface area contributed by atoms with Crippen LogP contribution >= 0.6 is 0 Å². The highest BCUT2D eigenvalue weighted by atomic mass is 14.2. The molecule has 0 heterocycles. The monoisotopic (exact) mass is 982 g/mol. The van der Waals surface area contributed by atoms with Crippen LogP contribution in [0.1, 0.15) is 0 Å². The first-order valence-corrected chi connectivity index (χ1v) is 27.2. The van der Waals surface area contributed by atoms with Gasteiger partial charge in [0.25, 0.3) is 0 Å². The molecule has 358 valence electrons. The van der Waals surface area contributed by atoms with Gasteiger partial charge in [0.15, 0.2) is 0 Å². The van der Waals surface area contributed by atoms with E-state index in [0.29, 0.717) is 0 Å². The quantitative estimate of drug-likeness (QED) is 0.122. The second-order valence-electron chi connectivity index (χ2n) is 21.4. The summed E-state index contributed by atoms with van der Waals surface area (Å²) in [7, 11) is 0. The third-order valence-corrected chi connectivity index (χ3v) is 17.3. The van der Waals surface area contributed by atoms with Gasteiger partial charge in [-0.25, -0.2) is 0 Å². The highest BCUT2D eigenvalue weighted by Gasteiger charge is 2.22. The molecule has 18 aromatic rings. The van der Waals surface area contributed by atoms with Gasteiger partial charge in [0.1, 0.15) is 0 Å². The standard InChI is InChI=1S/C40H24.C38H22/c1-3-10-28-22-30(20-18-25(28)8-1)36-24-31-14-7-16-34-33-15-5-12-27-13-6-17-35(37(27)33)40(38(31)34)39(36)32-21-19-26-9-2-4-11-29(26)23-32;1-4-23-10-12-27-14-18-31(33-20-16-25(6-1)35(23)37(27)33)29-8-3-9-30(22-29)32-19-15-28-13-11-24-5-2-7-26-17-21-34(32)38(28)36(24)26/h1-24H;1-22H. The van der Waals surface area contributed by atoms with Crippen LogP contribution in [-0.4, -0.2) is 0 Å². The van der Waals surface area contributed by atoms with Crippen LogP contribution in [0.2, 0.25) is 0 Å². The maximum Gasteiger partial charge on any atom is -0.000785 e. The third-order valence-electron chi connectivity index (χ3n) is 17.3. The molecule has 0 radical (unpaired) electrons. The summed E-state index contributed by atoms with van der Waals surface area (Å²) in [6.45, 7) is 0. The van der Waals surface area contributed by atoms with Gasteiger partial charge < -0.3 is 0 Å². The van der Waals surface area contributed by atoms with Crippen molar-refractivity contribution in [2.75, 3.05) is 0 Å². The minimum atomic E-state index is 1.25. The Hall–Kier alpha value is -10.1. The van der Waals surface area contributed by atoms with E-state index in [1.807, 2.05) is 0 Å². The molecule has 18 aromatic carbocycles. The number of benzene rings is 18. The van der Waals surface area contributed by atoms with Crippen LogP contribution in [0, 0.1) is 0 Å². The summed E-state index contributed by atoms with van der Waals surface area (Å²) >= 11 is 0. The molecule has 0 aromatic heterocycles. The number of rotatable bonds is 4. The Balaban J connectivity index is 0.000000126. The molecule has 0 aliphatic carbocycles. The molecule has 0 heteroatoms. The van der Waals surface area contributed by atoms with Gasteiger partial charge in [-0.15, -0.1) is 0 Å². The molecule has 0 saturated carbocycles.